The van der Waals surface area contributed by atoms with Gasteiger partial charge in [-0.2, -0.15) is 5.10 Å². The average molecular weight is 850 g/mol. The second-order valence-corrected chi connectivity index (χ2v) is 16.0. The summed E-state index contributed by atoms with van der Waals surface area (Å²) >= 11 is 1.46. The van der Waals surface area contributed by atoms with Gasteiger partial charge in [0.2, 0.25) is 5.13 Å². The molecule has 4 aromatic carbocycles. The van der Waals surface area contributed by atoms with Crippen molar-refractivity contribution in [1.82, 2.24) is 4.98 Å². The summed E-state index contributed by atoms with van der Waals surface area (Å²) in [4.78, 5) is 42.2. The Morgan fingerprint density at radius 1 is 0.869 bits per heavy atom. The number of para-hydroxylation sites is 1. The van der Waals surface area contributed by atoms with Gasteiger partial charge >= 0.3 is 17.9 Å². The first-order valence-electron chi connectivity index (χ1n) is 19.7. The minimum atomic E-state index is -1.58. The van der Waals surface area contributed by atoms with Crippen molar-refractivity contribution >= 4 is 50.8 Å². The number of anilines is 1. The van der Waals surface area contributed by atoms with E-state index in [-0.39, 0.29) is 24.6 Å². The lowest BCUT2D eigenvalue weighted by atomic mass is 10.1. The van der Waals surface area contributed by atoms with Crippen LogP contribution in [-0.4, -0.2) is 71.5 Å². The van der Waals surface area contributed by atoms with E-state index in [1.807, 2.05) is 51.1 Å². The number of thiazole rings is 1. The molecule has 13 nitrogen and oxygen atoms in total. The number of nitrogens with zero attached hydrogens (tertiary/aromatic N) is 2. The number of fused-ring (bicyclic) bond motifs is 1. The van der Waals surface area contributed by atoms with Crippen molar-refractivity contribution in [2.75, 3.05) is 25.2 Å². The molecule has 2 atom stereocenters. The van der Waals surface area contributed by atoms with Crippen molar-refractivity contribution in [3.05, 3.63) is 139 Å². The third-order valence-corrected chi connectivity index (χ3v) is 9.65. The number of ether oxygens (including phenoxy) is 6. The number of aliphatic hydroxyl groups is 1. The number of rotatable bonds is 22. The van der Waals surface area contributed by atoms with Crippen molar-refractivity contribution in [3.63, 3.8) is 0 Å². The Kier molecular flexibility index (Phi) is 16.3. The molecule has 0 radical (unpaired) electrons. The smallest absolute Gasteiger partial charge is 0.343 e. The highest BCUT2D eigenvalue weighted by Gasteiger charge is 2.23. The van der Waals surface area contributed by atoms with E-state index in [9.17, 15) is 19.5 Å². The number of hydrogen-bond donors (Lipinski definition) is 2. The molecule has 14 heteroatoms. The molecule has 0 saturated heterocycles. The van der Waals surface area contributed by atoms with Gasteiger partial charge in [0, 0.05) is 18.1 Å². The summed E-state index contributed by atoms with van der Waals surface area (Å²) in [5.74, 6) is -1.70. The number of aromatic nitrogens is 1. The molecule has 5 aromatic rings. The largest absolute Gasteiger partial charge is 0.494 e. The van der Waals surface area contributed by atoms with Crippen LogP contribution in [0.3, 0.4) is 0 Å². The van der Waals surface area contributed by atoms with E-state index in [1.54, 1.807) is 66.9 Å². The van der Waals surface area contributed by atoms with Crippen LogP contribution in [0.2, 0.25) is 0 Å². The lowest BCUT2D eigenvalue weighted by Crippen LogP contribution is -2.34. The molecule has 0 aliphatic carbocycles. The highest BCUT2D eigenvalue weighted by molar-refractivity contribution is 7.22. The Morgan fingerprint density at radius 3 is 2.26 bits per heavy atom. The van der Waals surface area contributed by atoms with Crippen LogP contribution >= 0.6 is 11.3 Å². The minimum Gasteiger partial charge on any atom is -0.494 e. The van der Waals surface area contributed by atoms with Gasteiger partial charge < -0.3 is 33.5 Å². The second-order valence-electron chi connectivity index (χ2n) is 14.9. The second kappa shape index (κ2) is 21.8. The Hall–Kier alpha value is -6.35. The van der Waals surface area contributed by atoms with E-state index < -0.39 is 29.8 Å². The fourth-order valence-corrected chi connectivity index (χ4v) is 6.50. The van der Waals surface area contributed by atoms with Gasteiger partial charge in [-0.15, -0.1) is 0 Å². The lowest BCUT2D eigenvalue weighted by Gasteiger charge is -2.26. The molecule has 0 fully saturated rings. The predicted octanol–water partition coefficient (Wildman–Crippen LogP) is 9.10. The van der Waals surface area contributed by atoms with Gasteiger partial charge in [-0.3, -0.25) is 5.43 Å². The third kappa shape index (κ3) is 15.0. The fourth-order valence-electron chi connectivity index (χ4n) is 5.69. The summed E-state index contributed by atoms with van der Waals surface area (Å²) in [6.07, 6.45) is 5.51. The summed E-state index contributed by atoms with van der Waals surface area (Å²) in [5.41, 5.74) is 5.52. The predicted molar refractivity (Wildman–Crippen MR) is 236 cm³/mol. The average Bonchev–Trinajstić information content (AvgIpc) is 3.66. The number of esters is 3. The topological polar surface area (TPSA) is 164 Å². The molecule has 2 N–H and O–H groups in total. The van der Waals surface area contributed by atoms with Crippen LogP contribution in [0, 0.1) is 0 Å². The number of benzene rings is 4. The Bertz CT molecular complexity index is 2260. The van der Waals surface area contributed by atoms with Gasteiger partial charge in [0.15, 0.2) is 5.79 Å². The molecule has 0 saturated carbocycles. The molecule has 61 heavy (non-hydrogen) atoms. The summed E-state index contributed by atoms with van der Waals surface area (Å²) in [6, 6.07) is 26.5. The van der Waals surface area contributed by atoms with Crippen molar-refractivity contribution in [1.29, 1.82) is 0 Å². The number of hydrazone groups is 1. The number of carbonyl (C=O) groups is 3. The molecule has 0 amide bonds. The summed E-state index contributed by atoms with van der Waals surface area (Å²) in [5, 5.41) is 15.2. The molecule has 0 aliphatic heterocycles. The van der Waals surface area contributed by atoms with Gasteiger partial charge in [-0.25, -0.2) is 19.4 Å². The Balaban J connectivity index is 1.18. The zero-order valence-electron chi connectivity index (χ0n) is 34.8. The quantitative estimate of drug-likeness (QED) is 0.00994. The molecule has 5 rings (SSSR count). The zero-order valence-corrected chi connectivity index (χ0v) is 35.6. The van der Waals surface area contributed by atoms with Crippen LogP contribution in [0.25, 0.3) is 10.2 Å². The first kappa shape index (κ1) is 45.7. The maximum Gasteiger partial charge on any atom is 0.343 e. The van der Waals surface area contributed by atoms with Crippen LogP contribution in [0.4, 0.5) is 5.13 Å². The normalized spacial score (nSPS) is 12.9. The number of unbranched alkanes of at least 4 members (excludes halogenated alkanes) is 1. The van der Waals surface area contributed by atoms with E-state index in [0.29, 0.717) is 65.6 Å². The van der Waals surface area contributed by atoms with Crippen LogP contribution in [0.15, 0.2) is 121 Å². The van der Waals surface area contributed by atoms with Crippen LogP contribution in [0.5, 0.6) is 17.2 Å². The molecular weight excluding hydrogens is 799 g/mol. The first-order valence-corrected chi connectivity index (χ1v) is 20.5. The fraction of sp³-hybridized carbons (Fsp3) is 0.298. The molecule has 0 aliphatic rings. The van der Waals surface area contributed by atoms with Crippen molar-refractivity contribution < 1.29 is 47.9 Å². The van der Waals surface area contributed by atoms with Crippen molar-refractivity contribution in [2.24, 2.45) is 5.10 Å². The van der Waals surface area contributed by atoms with E-state index in [2.05, 4.69) is 28.7 Å². The van der Waals surface area contributed by atoms with Crippen molar-refractivity contribution in [3.8, 4) is 17.2 Å². The SMILES string of the molecule is C=CC(=O)OCC(CCCCOc1ccc(C(=O)Oc2ccc(CCOC(=O)c3ccc(OC(C)(C)C)cc3)cc2/C=N/Nc2nc3ccccc3s2)cc1)OC(C)(O)C=C. The molecular formula is C47H51N3O10S. The van der Waals surface area contributed by atoms with Crippen LogP contribution < -0.4 is 19.6 Å². The van der Waals surface area contributed by atoms with Gasteiger partial charge in [-0.1, -0.05) is 42.7 Å². The summed E-state index contributed by atoms with van der Waals surface area (Å²) in [6.45, 7) is 14.7. The number of nitrogens with one attached hydrogen (secondary N) is 1. The molecule has 320 valence electrons. The Morgan fingerprint density at radius 2 is 1.57 bits per heavy atom. The van der Waals surface area contributed by atoms with Gasteiger partial charge in [0.1, 0.15) is 29.5 Å². The number of carbonyl (C=O) groups excluding carboxylic acids is 3. The van der Waals surface area contributed by atoms with Gasteiger partial charge in [0.05, 0.1) is 46.9 Å². The highest BCUT2D eigenvalue weighted by atomic mass is 32.1. The van der Waals surface area contributed by atoms with Crippen molar-refractivity contribution in [2.45, 2.75) is 70.9 Å². The zero-order chi connectivity index (χ0) is 43.8. The number of hydrogen-bond acceptors (Lipinski definition) is 14. The molecule has 0 spiro atoms. The molecule has 2 unspecified atom stereocenters. The molecule has 1 aromatic heterocycles. The van der Waals surface area contributed by atoms with Crippen LogP contribution in [-0.2, 0) is 25.4 Å². The monoisotopic (exact) mass is 849 g/mol. The maximum absolute atomic E-state index is 13.4. The first-order chi connectivity index (χ1) is 29.2. The van der Waals surface area contributed by atoms with E-state index in [1.165, 1.54) is 24.3 Å². The Labute approximate surface area is 359 Å². The van der Waals surface area contributed by atoms with Gasteiger partial charge in [-0.05, 0) is 131 Å². The third-order valence-electron chi connectivity index (χ3n) is 8.71. The standard InChI is InChI=1S/C47H51N3O10S/c1-7-42(51)57-31-38(60-47(6,54)8-2)13-11-12-27-55-36-21-17-34(18-22-36)44(53)58-40-25-16-32(26-28-56-43(52)33-19-23-37(24-20-33)59-46(3,4)5)29-35(40)30-48-50-45-49-39-14-9-10-15-41(39)61-45/h7-10,14-25,29-30,38,54H,1-2,11-13,26-28,31H2,3-6H3,(H,49,50)/b48-30+. The van der Waals surface area contributed by atoms with Crippen LogP contribution in [0.1, 0.15) is 78.8 Å². The van der Waals surface area contributed by atoms with E-state index >= 15 is 0 Å². The van der Waals surface area contributed by atoms with E-state index in [0.717, 1.165) is 21.9 Å². The summed E-state index contributed by atoms with van der Waals surface area (Å²) < 4.78 is 34.9. The maximum atomic E-state index is 13.4. The molecule has 1 heterocycles. The minimum absolute atomic E-state index is 0.0466. The lowest BCUT2D eigenvalue weighted by molar-refractivity contribution is -0.198. The summed E-state index contributed by atoms with van der Waals surface area (Å²) in [7, 11) is 0. The van der Waals surface area contributed by atoms with Gasteiger partial charge in [0.25, 0.3) is 0 Å². The molecule has 0 bridgehead atoms. The highest BCUT2D eigenvalue weighted by Crippen LogP contribution is 2.27. The van der Waals surface area contributed by atoms with E-state index in [4.69, 9.17) is 28.4 Å².